The third kappa shape index (κ3) is 4.88. The smallest absolute Gasteiger partial charge is 0.235 e. The van der Waals surface area contributed by atoms with Crippen molar-refractivity contribution in [3.63, 3.8) is 0 Å². The number of carbonyl (C=O) groups excluding carboxylic acids is 1. The molecule has 21 heavy (non-hydrogen) atoms. The number of nitrogens with zero attached hydrogens (tertiary/aromatic N) is 2. The highest BCUT2D eigenvalue weighted by Crippen LogP contribution is 2.23. The fraction of sp³-hybridized carbons (Fsp3) is 0.667. The molecule has 6 heteroatoms. The fourth-order valence-corrected chi connectivity index (χ4v) is 2.51. The molecule has 1 saturated carbocycles. The summed E-state index contributed by atoms with van der Waals surface area (Å²) in [7, 11) is 1.55. The van der Waals surface area contributed by atoms with Crippen LogP contribution in [0.4, 0.5) is 0 Å². The molecule has 6 nitrogen and oxygen atoms in total. The molecular weight excluding hydrogens is 270 g/mol. The van der Waals surface area contributed by atoms with Gasteiger partial charge in [0.2, 0.25) is 17.7 Å². The summed E-state index contributed by atoms with van der Waals surface area (Å²) < 4.78 is 10.9. The molecule has 1 fully saturated rings. The van der Waals surface area contributed by atoms with Crippen LogP contribution < -0.4 is 14.8 Å². The average molecular weight is 293 g/mol. The largest absolute Gasteiger partial charge is 0.480 e. The summed E-state index contributed by atoms with van der Waals surface area (Å²) in [6, 6.07) is 0.278. The lowest BCUT2D eigenvalue weighted by molar-refractivity contribution is -0.122. The van der Waals surface area contributed by atoms with E-state index in [1.165, 1.54) is 0 Å². The molecule has 0 unspecified atom stereocenters. The van der Waals surface area contributed by atoms with Gasteiger partial charge >= 0.3 is 0 Å². The molecule has 1 aliphatic carbocycles. The van der Waals surface area contributed by atoms with Crippen molar-refractivity contribution in [2.75, 3.05) is 7.11 Å². The van der Waals surface area contributed by atoms with E-state index in [9.17, 15) is 4.79 Å². The second kappa shape index (κ2) is 7.81. The average Bonchev–Trinajstić information content (AvgIpc) is 2.50. The topological polar surface area (TPSA) is 73.3 Å². The van der Waals surface area contributed by atoms with Gasteiger partial charge in [-0.15, -0.1) is 0 Å². The maximum atomic E-state index is 11.6. The molecule has 0 saturated heterocycles. The third-order valence-electron chi connectivity index (χ3n) is 3.60. The number of hydrogen-bond acceptors (Lipinski definition) is 5. The van der Waals surface area contributed by atoms with Crippen LogP contribution >= 0.6 is 0 Å². The Morgan fingerprint density at radius 3 is 2.67 bits per heavy atom. The van der Waals surface area contributed by atoms with Gasteiger partial charge in [-0.05, 0) is 32.1 Å². The molecule has 0 aromatic carbocycles. The monoisotopic (exact) mass is 293 g/mol. The van der Waals surface area contributed by atoms with Crippen LogP contribution in [0.5, 0.6) is 11.8 Å². The molecular formula is C15H23N3O3. The van der Waals surface area contributed by atoms with E-state index in [2.05, 4.69) is 15.3 Å². The second-order valence-corrected chi connectivity index (χ2v) is 5.31. The van der Waals surface area contributed by atoms with Crippen molar-refractivity contribution in [3.8, 4) is 11.8 Å². The van der Waals surface area contributed by atoms with Crippen molar-refractivity contribution in [3.05, 3.63) is 12.4 Å². The lowest BCUT2D eigenvalue weighted by Gasteiger charge is -2.29. The van der Waals surface area contributed by atoms with Crippen molar-refractivity contribution in [2.45, 2.75) is 57.6 Å². The number of aromatic nitrogens is 2. The van der Waals surface area contributed by atoms with Gasteiger partial charge in [-0.2, -0.15) is 4.98 Å². The number of amides is 1. The van der Waals surface area contributed by atoms with Gasteiger partial charge in [-0.3, -0.25) is 9.78 Å². The van der Waals surface area contributed by atoms with Crippen LogP contribution in [-0.2, 0) is 4.79 Å². The van der Waals surface area contributed by atoms with E-state index in [0.29, 0.717) is 18.2 Å². The van der Waals surface area contributed by atoms with E-state index in [-0.39, 0.29) is 18.1 Å². The predicted octanol–water partition coefficient (Wildman–Crippen LogP) is 2.09. The zero-order valence-electron chi connectivity index (χ0n) is 12.7. The van der Waals surface area contributed by atoms with Crippen LogP contribution in [0.25, 0.3) is 0 Å². The molecule has 1 heterocycles. The van der Waals surface area contributed by atoms with E-state index in [4.69, 9.17) is 9.47 Å². The van der Waals surface area contributed by atoms with E-state index < -0.39 is 0 Å². The van der Waals surface area contributed by atoms with E-state index in [1.54, 1.807) is 19.5 Å². The molecule has 116 valence electrons. The van der Waals surface area contributed by atoms with Crippen LogP contribution in [-0.4, -0.2) is 35.1 Å². The van der Waals surface area contributed by atoms with E-state index >= 15 is 0 Å². The minimum atomic E-state index is 0.130. The van der Waals surface area contributed by atoms with Gasteiger partial charge < -0.3 is 14.8 Å². The summed E-state index contributed by atoms with van der Waals surface area (Å²) in [6.07, 6.45) is 8.48. The molecule has 0 aliphatic heterocycles. The van der Waals surface area contributed by atoms with Gasteiger partial charge in [0.15, 0.2) is 0 Å². The molecule has 0 atom stereocenters. The second-order valence-electron chi connectivity index (χ2n) is 5.31. The summed E-state index contributed by atoms with van der Waals surface area (Å²) in [5.74, 6) is 1.10. The SMILES string of the molecule is CCCC(=O)NC1CCC(Oc2cncc(OC)n2)CC1. The van der Waals surface area contributed by atoms with Crippen LogP contribution in [0.1, 0.15) is 45.4 Å². The van der Waals surface area contributed by atoms with Gasteiger partial charge in [0.25, 0.3) is 0 Å². The highest BCUT2D eigenvalue weighted by molar-refractivity contribution is 5.76. The van der Waals surface area contributed by atoms with Crippen molar-refractivity contribution >= 4 is 5.91 Å². The lowest BCUT2D eigenvalue weighted by atomic mass is 9.93. The minimum Gasteiger partial charge on any atom is -0.480 e. The van der Waals surface area contributed by atoms with Crippen LogP contribution in [0.3, 0.4) is 0 Å². The summed E-state index contributed by atoms with van der Waals surface area (Å²) in [4.78, 5) is 19.8. The Labute approximate surface area is 125 Å². The minimum absolute atomic E-state index is 0.130. The highest BCUT2D eigenvalue weighted by Gasteiger charge is 2.23. The first-order valence-electron chi connectivity index (χ1n) is 7.53. The van der Waals surface area contributed by atoms with Crippen molar-refractivity contribution < 1.29 is 14.3 Å². The molecule has 0 bridgehead atoms. The first-order chi connectivity index (χ1) is 10.2. The van der Waals surface area contributed by atoms with Crippen LogP contribution in [0.15, 0.2) is 12.4 Å². The first kappa shape index (κ1) is 15.5. The molecule has 1 aliphatic rings. The number of nitrogens with one attached hydrogen (secondary N) is 1. The number of ether oxygens (including phenoxy) is 2. The molecule has 1 aromatic heterocycles. The molecule has 0 spiro atoms. The van der Waals surface area contributed by atoms with Crippen molar-refractivity contribution in [1.82, 2.24) is 15.3 Å². The van der Waals surface area contributed by atoms with Crippen molar-refractivity contribution in [1.29, 1.82) is 0 Å². The number of hydrogen-bond donors (Lipinski definition) is 1. The van der Waals surface area contributed by atoms with E-state index in [0.717, 1.165) is 32.1 Å². The summed E-state index contributed by atoms with van der Waals surface area (Å²) in [5.41, 5.74) is 0. The Hall–Kier alpha value is -1.85. The normalized spacial score (nSPS) is 21.6. The Balaban J connectivity index is 1.77. The molecule has 1 N–H and O–H groups in total. The van der Waals surface area contributed by atoms with Gasteiger partial charge in [0.05, 0.1) is 19.5 Å². The zero-order valence-corrected chi connectivity index (χ0v) is 12.7. The quantitative estimate of drug-likeness (QED) is 0.869. The molecule has 1 aromatic rings. The standard InChI is InChI=1S/C15H23N3O3/c1-3-4-13(19)17-11-5-7-12(8-6-11)21-15-10-16-9-14(18-15)20-2/h9-12H,3-8H2,1-2H3,(H,17,19). The van der Waals surface area contributed by atoms with Crippen LogP contribution in [0, 0.1) is 0 Å². The maximum absolute atomic E-state index is 11.6. The summed E-state index contributed by atoms with van der Waals surface area (Å²) in [5, 5.41) is 3.08. The van der Waals surface area contributed by atoms with Gasteiger partial charge in [0, 0.05) is 12.5 Å². The highest BCUT2D eigenvalue weighted by atomic mass is 16.5. The Morgan fingerprint density at radius 1 is 1.29 bits per heavy atom. The maximum Gasteiger partial charge on any atom is 0.235 e. The number of carbonyl (C=O) groups is 1. The predicted molar refractivity (Wildman–Crippen MR) is 78.3 cm³/mol. The summed E-state index contributed by atoms with van der Waals surface area (Å²) >= 11 is 0. The van der Waals surface area contributed by atoms with E-state index in [1.807, 2.05) is 6.92 Å². The zero-order chi connectivity index (χ0) is 15.1. The van der Waals surface area contributed by atoms with Gasteiger partial charge in [-0.1, -0.05) is 6.92 Å². The van der Waals surface area contributed by atoms with Gasteiger partial charge in [-0.25, -0.2) is 0 Å². The molecule has 0 radical (unpaired) electrons. The Bertz CT molecular complexity index is 459. The number of methoxy groups -OCH3 is 1. The summed E-state index contributed by atoms with van der Waals surface area (Å²) in [6.45, 7) is 2.01. The van der Waals surface area contributed by atoms with Crippen molar-refractivity contribution in [2.24, 2.45) is 0 Å². The fourth-order valence-electron chi connectivity index (χ4n) is 2.51. The molecule has 2 rings (SSSR count). The number of rotatable bonds is 6. The Morgan fingerprint density at radius 2 is 2.00 bits per heavy atom. The first-order valence-corrected chi connectivity index (χ1v) is 7.53. The van der Waals surface area contributed by atoms with Gasteiger partial charge in [0.1, 0.15) is 6.10 Å². The van der Waals surface area contributed by atoms with Crippen LogP contribution in [0.2, 0.25) is 0 Å². The molecule has 1 amide bonds. The Kier molecular flexibility index (Phi) is 5.78. The lowest BCUT2D eigenvalue weighted by Crippen LogP contribution is -2.39. The third-order valence-corrected chi connectivity index (χ3v) is 3.60.